The molecule has 21 heavy (non-hydrogen) atoms. The molecule has 112 valence electrons. The summed E-state index contributed by atoms with van der Waals surface area (Å²) >= 11 is 1.69. The molecule has 3 rings (SSSR count). The van der Waals surface area contributed by atoms with E-state index in [-0.39, 0.29) is 0 Å². The molecule has 0 amide bonds. The number of rotatable bonds is 7. The number of hydrogen-bond acceptors (Lipinski definition) is 5. The van der Waals surface area contributed by atoms with Gasteiger partial charge in [-0.2, -0.15) is 0 Å². The molecule has 1 aliphatic carbocycles. The molecule has 5 heteroatoms. The van der Waals surface area contributed by atoms with Gasteiger partial charge in [0.2, 0.25) is 5.88 Å². The summed E-state index contributed by atoms with van der Waals surface area (Å²) in [6.45, 7) is 5.60. The molecule has 1 aliphatic rings. The van der Waals surface area contributed by atoms with Gasteiger partial charge in [0.1, 0.15) is 0 Å². The normalized spacial score (nSPS) is 14.4. The fourth-order valence-corrected chi connectivity index (χ4v) is 3.01. The van der Waals surface area contributed by atoms with E-state index < -0.39 is 0 Å². The number of ether oxygens (including phenoxy) is 1. The van der Waals surface area contributed by atoms with Gasteiger partial charge in [0.15, 0.2) is 0 Å². The van der Waals surface area contributed by atoms with E-state index in [1.807, 2.05) is 25.4 Å². The van der Waals surface area contributed by atoms with Crippen LogP contribution in [0, 0.1) is 13.8 Å². The number of pyridine rings is 1. The van der Waals surface area contributed by atoms with Gasteiger partial charge in [-0.25, -0.2) is 9.97 Å². The Balaban J connectivity index is 1.55. The van der Waals surface area contributed by atoms with E-state index in [2.05, 4.69) is 21.4 Å². The monoisotopic (exact) mass is 303 g/mol. The van der Waals surface area contributed by atoms with E-state index >= 15 is 0 Å². The predicted molar refractivity (Wildman–Crippen MR) is 84.9 cm³/mol. The van der Waals surface area contributed by atoms with Crippen LogP contribution in [0.3, 0.4) is 0 Å². The maximum Gasteiger partial charge on any atom is 0.213 e. The van der Waals surface area contributed by atoms with Crippen molar-refractivity contribution in [3.63, 3.8) is 0 Å². The highest BCUT2D eigenvalue weighted by Crippen LogP contribution is 2.20. The van der Waals surface area contributed by atoms with Crippen molar-refractivity contribution in [3.8, 4) is 5.88 Å². The van der Waals surface area contributed by atoms with Crippen molar-refractivity contribution in [3.05, 3.63) is 39.5 Å². The van der Waals surface area contributed by atoms with Gasteiger partial charge in [-0.05, 0) is 38.3 Å². The van der Waals surface area contributed by atoms with Gasteiger partial charge >= 0.3 is 0 Å². The summed E-state index contributed by atoms with van der Waals surface area (Å²) in [5.74, 6) is 0.727. The molecule has 0 bridgehead atoms. The molecule has 4 nitrogen and oxygen atoms in total. The first-order chi connectivity index (χ1) is 10.2. The molecule has 2 aromatic rings. The molecule has 1 N–H and O–H groups in total. The van der Waals surface area contributed by atoms with Crippen molar-refractivity contribution >= 4 is 11.3 Å². The molecule has 2 aromatic heterocycles. The predicted octanol–water partition coefficient (Wildman–Crippen LogP) is 3.03. The third kappa shape index (κ3) is 4.25. The van der Waals surface area contributed by atoms with Gasteiger partial charge in [0.25, 0.3) is 0 Å². The second kappa shape index (κ2) is 6.54. The summed E-state index contributed by atoms with van der Waals surface area (Å²) in [7, 11) is 0. The van der Waals surface area contributed by atoms with E-state index in [1.54, 1.807) is 11.3 Å². The van der Waals surface area contributed by atoms with Crippen molar-refractivity contribution in [1.29, 1.82) is 0 Å². The molecule has 2 heterocycles. The van der Waals surface area contributed by atoms with E-state index in [0.717, 1.165) is 36.3 Å². The Morgan fingerprint density at radius 3 is 2.90 bits per heavy atom. The minimum Gasteiger partial charge on any atom is -0.477 e. The molecule has 0 aromatic carbocycles. The minimum atomic E-state index is 0.648. The van der Waals surface area contributed by atoms with Gasteiger partial charge in [-0.15, -0.1) is 11.3 Å². The summed E-state index contributed by atoms with van der Waals surface area (Å²) in [6.07, 6.45) is 3.50. The lowest BCUT2D eigenvalue weighted by molar-refractivity contribution is 0.309. The van der Waals surface area contributed by atoms with Crippen LogP contribution in [0.25, 0.3) is 0 Å². The average molecular weight is 303 g/mol. The lowest BCUT2D eigenvalue weighted by atomic mass is 10.2. The largest absolute Gasteiger partial charge is 0.477 e. The summed E-state index contributed by atoms with van der Waals surface area (Å²) < 4.78 is 5.82. The third-order valence-electron chi connectivity index (χ3n) is 3.59. The first-order valence-corrected chi connectivity index (χ1v) is 8.31. The van der Waals surface area contributed by atoms with Crippen molar-refractivity contribution in [1.82, 2.24) is 15.3 Å². The highest BCUT2D eigenvalue weighted by atomic mass is 32.1. The van der Waals surface area contributed by atoms with Crippen LogP contribution in [-0.2, 0) is 13.0 Å². The first-order valence-electron chi connectivity index (χ1n) is 7.43. The van der Waals surface area contributed by atoms with E-state index in [0.29, 0.717) is 6.61 Å². The molecule has 0 radical (unpaired) electrons. The Kier molecular flexibility index (Phi) is 4.51. The Labute approximate surface area is 129 Å². The van der Waals surface area contributed by atoms with Crippen LogP contribution in [0.4, 0.5) is 0 Å². The van der Waals surface area contributed by atoms with Gasteiger partial charge in [-0.1, -0.05) is 0 Å². The molecular weight excluding hydrogens is 282 g/mol. The molecular formula is C16H21N3OS. The molecule has 0 unspecified atom stereocenters. The second-order valence-corrected chi connectivity index (χ2v) is 6.51. The Hall–Kier alpha value is -1.46. The fourth-order valence-electron chi connectivity index (χ4n) is 2.25. The Morgan fingerprint density at radius 2 is 2.19 bits per heavy atom. The number of hydrogen-bond donors (Lipinski definition) is 1. The van der Waals surface area contributed by atoms with Gasteiger partial charge < -0.3 is 10.1 Å². The molecule has 1 saturated carbocycles. The standard InChI is InChI=1S/C16H21N3OS/c1-11-7-13(9-17-14-3-4-14)8-16(19-11)20-6-5-15-12(2)18-10-21-15/h7-8,10,14,17H,3-6,9H2,1-2H3. The SMILES string of the molecule is Cc1cc(CNC2CC2)cc(OCCc2scnc2C)n1. The van der Waals surface area contributed by atoms with Gasteiger partial charge in [-0.3, -0.25) is 0 Å². The first kappa shape index (κ1) is 14.5. The highest BCUT2D eigenvalue weighted by molar-refractivity contribution is 7.09. The lowest BCUT2D eigenvalue weighted by Gasteiger charge is -2.09. The van der Waals surface area contributed by atoms with Crippen molar-refractivity contribution in [2.75, 3.05) is 6.61 Å². The maximum absolute atomic E-state index is 5.82. The number of thiazole rings is 1. The van der Waals surface area contributed by atoms with E-state index in [4.69, 9.17) is 4.74 Å². The number of nitrogens with one attached hydrogen (secondary N) is 1. The van der Waals surface area contributed by atoms with Crippen LogP contribution in [0.5, 0.6) is 5.88 Å². The molecule has 1 fully saturated rings. The van der Waals surface area contributed by atoms with E-state index in [9.17, 15) is 0 Å². The van der Waals surface area contributed by atoms with E-state index in [1.165, 1.54) is 23.3 Å². The number of aromatic nitrogens is 2. The van der Waals surface area contributed by atoms with Crippen molar-refractivity contribution in [2.24, 2.45) is 0 Å². The molecule has 0 aliphatic heterocycles. The van der Waals surface area contributed by atoms with Gasteiger partial charge in [0.05, 0.1) is 17.8 Å². The summed E-state index contributed by atoms with van der Waals surface area (Å²) in [5.41, 5.74) is 5.25. The lowest BCUT2D eigenvalue weighted by Crippen LogP contribution is -2.15. The molecule has 0 saturated heterocycles. The van der Waals surface area contributed by atoms with Crippen LogP contribution in [-0.4, -0.2) is 22.6 Å². The summed E-state index contributed by atoms with van der Waals surface area (Å²) in [6, 6.07) is 4.88. The zero-order chi connectivity index (χ0) is 14.7. The number of nitrogens with zero attached hydrogens (tertiary/aromatic N) is 2. The van der Waals surface area contributed by atoms with Gasteiger partial charge in [0, 0.05) is 35.6 Å². The Bertz CT molecular complexity index is 607. The molecule has 0 atom stereocenters. The zero-order valence-corrected chi connectivity index (χ0v) is 13.4. The fraction of sp³-hybridized carbons (Fsp3) is 0.500. The molecule has 0 spiro atoms. The topological polar surface area (TPSA) is 47.0 Å². The van der Waals surface area contributed by atoms with Crippen LogP contribution in [0.15, 0.2) is 17.6 Å². The highest BCUT2D eigenvalue weighted by Gasteiger charge is 2.20. The third-order valence-corrected chi connectivity index (χ3v) is 4.58. The average Bonchev–Trinajstić information content (AvgIpc) is 3.19. The Morgan fingerprint density at radius 1 is 1.33 bits per heavy atom. The van der Waals surface area contributed by atoms with Crippen LogP contribution in [0.1, 0.15) is 34.7 Å². The summed E-state index contributed by atoms with van der Waals surface area (Å²) in [5, 5.41) is 3.52. The van der Waals surface area contributed by atoms with Crippen LogP contribution in [0.2, 0.25) is 0 Å². The zero-order valence-electron chi connectivity index (χ0n) is 12.6. The van der Waals surface area contributed by atoms with Crippen LogP contribution >= 0.6 is 11.3 Å². The second-order valence-electron chi connectivity index (χ2n) is 5.57. The number of aryl methyl sites for hydroxylation is 2. The summed E-state index contributed by atoms with van der Waals surface area (Å²) in [4.78, 5) is 10.0. The smallest absolute Gasteiger partial charge is 0.213 e. The van der Waals surface area contributed by atoms with Crippen LogP contribution < -0.4 is 10.1 Å². The van der Waals surface area contributed by atoms with Crippen molar-refractivity contribution < 1.29 is 4.74 Å². The minimum absolute atomic E-state index is 0.648. The quantitative estimate of drug-likeness (QED) is 0.854. The maximum atomic E-state index is 5.82. The van der Waals surface area contributed by atoms with Crippen molar-refractivity contribution in [2.45, 2.75) is 45.7 Å².